The van der Waals surface area contributed by atoms with E-state index in [9.17, 15) is 9.59 Å². The molecule has 6 nitrogen and oxygen atoms in total. The Balaban J connectivity index is 1.58. The van der Waals surface area contributed by atoms with Crippen LogP contribution < -0.4 is 19.7 Å². The van der Waals surface area contributed by atoms with Crippen LogP contribution in [0.3, 0.4) is 0 Å². The van der Waals surface area contributed by atoms with Gasteiger partial charge in [-0.25, -0.2) is 0 Å². The molecule has 0 radical (unpaired) electrons. The van der Waals surface area contributed by atoms with Gasteiger partial charge in [0.25, 0.3) is 0 Å². The van der Waals surface area contributed by atoms with E-state index in [0.29, 0.717) is 43.5 Å². The first-order valence-electron chi connectivity index (χ1n) is 8.62. The lowest BCUT2D eigenvalue weighted by molar-refractivity contribution is -0.121. The van der Waals surface area contributed by atoms with Gasteiger partial charge < -0.3 is 19.7 Å². The number of hydrogen-bond acceptors (Lipinski definition) is 4. The van der Waals surface area contributed by atoms with E-state index in [1.165, 1.54) is 6.92 Å². The maximum Gasteiger partial charge on any atom is 0.223 e. The van der Waals surface area contributed by atoms with Crippen LogP contribution in [0.5, 0.6) is 11.5 Å². The number of carbonyl (C=O) groups is 2. The Bertz CT molecular complexity index is 777. The van der Waals surface area contributed by atoms with E-state index >= 15 is 0 Å². The van der Waals surface area contributed by atoms with Crippen LogP contribution in [-0.4, -0.2) is 31.6 Å². The van der Waals surface area contributed by atoms with E-state index in [4.69, 9.17) is 9.47 Å². The first-order chi connectivity index (χ1) is 12.6. The fraction of sp³-hybridized carbons (Fsp3) is 0.300. The van der Waals surface area contributed by atoms with E-state index in [0.717, 1.165) is 5.56 Å². The summed E-state index contributed by atoms with van der Waals surface area (Å²) in [4.78, 5) is 25.7. The van der Waals surface area contributed by atoms with E-state index in [2.05, 4.69) is 5.32 Å². The SMILES string of the molecule is CC(=O)N(CCC(=O)NCc1ccccc1)c1ccc2c(c1)OCCO2. The molecule has 0 aliphatic carbocycles. The molecule has 26 heavy (non-hydrogen) atoms. The molecule has 3 rings (SSSR count). The van der Waals surface area contributed by atoms with Crippen molar-refractivity contribution in [3.63, 3.8) is 0 Å². The molecule has 2 aromatic carbocycles. The van der Waals surface area contributed by atoms with Crippen molar-refractivity contribution in [3.05, 3.63) is 54.1 Å². The molecule has 0 atom stereocenters. The summed E-state index contributed by atoms with van der Waals surface area (Å²) in [5, 5.41) is 2.87. The van der Waals surface area contributed by atoms with E-state index < -0.39 is 0 Å². The summed E-state index contributed by atoms with van der Waals surface area (Å²) in [6.07, 6.45) is 0.223. The minimum absolute atomic E-state index is 0.0994. The number of rotatable bonds is 6. The van der Waals surface area contributed by atoms with Crippen molar-refractivity contribution in [2.75, 3.05) is 24.7 Å². The van der Waals surface area contributed by atoms with Crippen LogP contribution in [-0.2, 0) is 16.1 Å². The van der Waals surface area contributed by atoms with Gasteiger partial charge in [-0.15, -0.1) is 0 Å². The number of carbonyl (C=O) groups excluding carboxylic acids is 2. The predicted octanol–water partition coefficient (Wildman–Crippen LogP) is 2.52. The van der Waals surface area contributed by atoms with Crippen molar-refractivity contribution in [3.8, 4) is 11.5 Å². The molecule has 1 N–H and O–H groups in total. The Kier molecular flexibility index (Phi) is 5.73. The number of fused-ring (bicyclic) bond motifs is 1. The van der Waals surface area contributed by atoms with Gasteiger partial charge in [-0.3, -0.25) is 9.59 Å². The molecule has 1 aliphatic heterocycles. The Morgan fingerprint density at radius 2 is 1.77 bits per heavy atom. The summed E-state index contributed by atoms with van der Waals surface area (Å²) < 4.78 is 11.1. The monoisotopic (exact) mass is 354 g/mol. The molecule has 0 aromatic heterocycles. The number of ether oxygens (including phenoxy) is 2. The van der Waals surface area contributed by atoms with Crippen LogP contribution in [0.15, 0.2) is 48.5 Å². The Morgan fingerprint density at radius 3 is 2.50 bits per heavy atom. The molecule has 0 saturated carbocycles. The predicted molar refractivity (Wildman–Crippen MR) is 98.4 cm³/mol. The van der Waals surface area contributed by atoms with Gasteiger partial charge in [0.15, 0.2) is 11.5 Å². The van der Waals surface area contributed by atoms with Gasteiger partial charge in [0.05, 0.1) is 0 Å². The maximum absolute atomic E-state index is 12.1. The van der Waals surface area contributed by atoms with Crippen molar-refractivity contribution in [2.24, 2.45) is 0 Å². The highest BCUT2D eigenvalue weighted by atomic mass is 16.6. The van der Waals surface area contributed by atoms with Crippen LogP contribution in [0.25, 0.3) is 0 Å². The second-order valence-electron chi connectivity index (χ2n) is 6.01. The van der Waals surface area contributed by atoms with E-state index in [1.54, 1.807) is 23.1 Å². The number of amides is 2. The van der Waals surface area contributed by atoms with Crippen LogP contribution in [0.1, 0.15) is 18.9 Å². The third-order valence-corrected chi connectivity index (χ3v) is 4.11. The van der Waals surface area contributed by atoms with Crippen molar-refractivity contribution in [1.82, 2.24) is 5.32 Å². The molecule has 6 heteroatoms. The van der Waals surface area contributed by atoms with E-state index in [-0.39, 0.29) is 18.2 Å². The lowest BCUT2D eigenvalue weighted by Crippen LogP contribution is -2.33. The minimum Gasteiger partial charge on any atom is -0.486 e. The Morgan fingerprint density at radius 1 is 1.04 bits per heavy atom. The van der Waals surface area contributed by atoms with Crippen molar-refractivity contribution in [2.45, 2.75) is 19.9 Å². The summed E-state index contributed by atoms with van der Waals surface area (Å²) in [6, 6.07) is 15.1. The average molecular weight is 354 g/mol. The van der Waals surface area contributed by atoms with Gasteiger partial charge in [-0.05, 0) is 17.7 Å². The highest BCUT2D eigenvalue weighted by Gasteiger charge is 2.18. The fourth-order valence-electron chi connectivity index (χ4n) is 2.77. The molecule has 0 saturated heterocycles. The Hall–Kier alpha value is -3.02. The fourth-order valence-corrected chi connectivity index (χ4v) is 2.77. The molecule has 1 heterocycles. The second kappa shape index (κ2) is 8.38. The number of hydrogen-bond donors (Lipinski definition) is 1. The largest absolute Gasteiger partial charge is 0.486 e. The second-order valence-corrected chi connectivity index (χ2v) is 6.01. The minimum atomic E-state index is -0.127. The topological polar surface area (TPSA) is 67.9 Å². The van der Waals surface area contributed by atoms with Crippen LogP contribution in [0.2, 0.25) is 0 Å². The number of nitrogens with one attached hydrogen (secondary N) is 1. The van der Waals surface area contributed by atoms with Crippen LogP contribution in [0.4, 0.5) is 5.69 Å². The number of anilines is 1. The molecule has 0 spiro atoms. The first kappa shape index (κ1) is 17.8. The quantitative estimate of drug-likeness (QED) is 0.866. The van der Waals surface area contributed by atoms with Crippen LogP contribution >= 0.6 is 0 Å². The molecule has 136 valence electrons. The Labute approximate surface area is 152 Å². The third kappa shape index (κ3) is 4.53. The summed E-state index contributed by atoms with van der Waals surface area (Å²) in [7, 11) is 0. The number of benzene rings is 2. The molecular weight excluding hydrogens is 332 g/mol. The van der Waals surface area contributed by atoms with Gasteiger partial charge in [0.1, 0.15) is 13.2 Å². The molecule has 0 unspecified atom stereocenters. The first-order valence-corrected chi connectivity index (χ1v) is 8.62. The van der Waals surface area contributed by atoms with Crippen molar-refractivity contribution >= 4 is 17.5 Å². The van der Waals surface area contributed by atoms with Gasteiger partial charge in [-0.2, -0.15) is 0 Å². The third-order valence-electron chi connectivity index (χ3n) is 4.11. The summed E-state index contributed by atoms with van der Waals surface area (Å²) in [5.74, 6) is 1.06. The van der Waals surface area contributed by atoms with Gasteiger partial charge in [-0.1, -0.05) is 30.3 Å². The normalized spacial score (nSPS) is 12.3. The summed E-state index contributed by atoms with van der Waals surface area (Å²) in [6.45, 7) is 3.26. The van der Waals surface area contributed by atoms with E-state index in [1.807, 2.05) is 30.3 Å². The smallest absolute Gasteiger partial charge is 0.223 e. The average Bonchev–Trinajstić information content (AvgIpc) is 2.67. The summed E-state index contributed by atoms with van der Waals surface area (Å²) in [5.41, 5.74) is 1.73. The van der Waals surface area contributed by atoms with Crippen molar-refractivity contribution < 1.29 is 19.1 Å². The molecule has 0 fully saturated rings. The zero-order chi connectivity index (χ0) is 18.4. The lowest BCUT2D eigenvalue weighted by Gasteiger charge is -2.24. The standard InChI is InChI=1S/C20H22N2O4/c1-15(23)22(17-7-8-18-19(13-17)26-12-11-25-18)10-9-20(24)21-14-16-5-3-2-4-6-16/h2-8,13H,9-12,14H2,1H3,(H,21,24). The highest BCUT2D eigenvalue weighted by molar-refractivity contribution is 5.92. The van der Waals surface area contributed by atoms with Gasteiger partial charge >= 0.3 is 0 Å². The highest BCUT2D eigenvalue weighted by Crippen LogP contribution is 2.34. The zero-order valence-electron chi connectivity index (χ0n) is 14.7. The molecular formula is C20H22N2O4. The number of nitrogens with zero attached hydrogens (tertiary/aromatic N) is 1. The lowest BCUT2D eigenvalue weighted by atomic mass is 10.2. The zero-order valence-corrected chi connectivity index (χ0v) is 14.7. The maximum atomic E-state index is 12.1. The summed E-state index contributed by atoms with van der Waals surface area (Å²) >= 11 is 0. The van der Waals surface area contributed by atoms with Crippen molar-refractivity contribution in [1.29, 1.82) is 0 Å². The van der Waals surface area contributed by atoms with Gasteiger partial charge in [0, 0.05) is 38.2 Å². The molecule has 2 aromatic rings. The van der Waals surface area contributed by atoms with Gasteiger partial charge in [0.2, 0.25) is 11.8 Å². The van der Waals surface area contributed by atoms with Crippen LogP contribution in [0, 0.1) is 0 Å². The molecule has 0 bridgehead atoms. The molecule has 2 amide bonds. The molecule has 1 aliphatic rings.